The number of aliphatic hydroxyl groups is 1. The van der Waals surface area contributed by atoms with Crippen molar-refractivity contribution in [1.29, 1.82) is 0 Å². The molecule has 3 aromatic rings. The van der Waals surface area contributed by atoms with E-state index in [9.17, 15) is 36.3 Å². The first kappa shape index (κ1) is 31.3. The number of carbonyl (C=O) groups excluding carboxylic acids is 2. The number of fused-ring (bicyclic) bond motifs is 1. The molecule has 2 atom stereocenters. The van der Waals surface area contributed by atoms with E-state index < -0.39 is 44.3 Å². The molecule has 37 heavy (non-hydrogen) atoms. The van der Waals surface area contributed by atoms with Crippen LogP contribution >= 0.6 is 0 Å². The number of para-hydroxylation sites is 1. The molecule has 8 nitrogen and oxygen atoms in total. The lowest BCUT2D eigenvalue weighted by Gasteiger charge is -2.24. The highest BCUT2D eigenvalue weighted by atomic mass is 32.2. The Bertz CT molecular complexity index is 1380. The van der Waals surface area contributed by atoms with E-state index in [1.54, 1.807) is 36.5 Å². The summed E-state index contributed by atoms with van der Waals surface area (Å²) in [7, 11) is -5.58. The molecule has 202 valence electrons. The summed E-state index contributed by atoms with van der Waals surface area (Å²) in [5.41, 5.74) is -4.27. The number of halogens is 6. The summed E-state index contributed by atoms with van der Waals surface area (Å²) in [6.45, 7) is 1.30. The van der Waals surface area contributed by atoms with E-state index in [1.165, 1.54) is 6.92 Å². The zero-order valence-corrected chi connectivity index (χ0v) is 19.6. The number of hydrogen-bond acceptors (Lipinski definition) is 6. The van der Waals surface area contributed by atoms with Crippen LogP contribution in [0, 0.1) is 0 Å². The molecule has 1 aliphatic heterocycles. The topological polar surface area (TPSA) is 108 Å². The fraction of sp³-hybridized carbons (Fsp3) is 0.227. The number of sulfone groups is 1. The first-order chi connectivity index (χ1) is 15.9. The van der Waals surface area contributed by atoms with E-state index >= 15 is 0 Å². The molecule has 1 aromatic heterocycles. The Balaban J connectivity index is 0.00000228. The second-order valence-corrected chi connectivity index (χ2v) is 9.64. The summed E-state index contributed by atoms with van der Waals surface area (Å²) in [5.74, 6) is -0.787. The van der Waals surface area contributed by atoms with E-state index in [1.807, 2.05) is 0 Å². The molecule has 15 heteroatoms. The Morgan fingerprint density at radius 3 is 2.16 bits per heavy atom. The number of nitrogens with zero attached hydrogens (tertiary/aromatic N) is 3. The Morgan fingerprint density at radius 2 is 1.59 bits per heavy atom. The number of imide groups is 1. The molecule has 4 rings (SSSR count). The van der Waals surface area contributed by atoms with Crippen LogP contribution in [-0.2, 0) is 21.2 Å². The maximum Gasteiger partial charge on any atom is 0.501 e. The van der Waals surface area contributed by atoms with Gasteiger partial charge in [-0.05, 0) is 48.9 Å². The fourth-order valence-corrected chi connectivity index (χ4v) is 4.62. The maximum absolute atomic E-state index is 13.2. The molecule has 1 aliphatic rings. The van der Waals surface area contributed by atoms with Crippen molar-refractivity contribution in [2.75, 3.05) is 4.90 Å². The van der Waals surface area contributed by atoms with Gasteiger partial charge < -0.3 is 10.0 Å². The van der Waals surface area contributed by atoms with Gasteiger partial charge in [0.05, 0.1) is 22.2 Å². The van der Waals surface area contributed by atoms with Gasteiger partial charge in [0.2, 0.25) is 0 Å². The average molecular weight is 553 g/mol. The minimum atomic E-state index is -5.58. The van der Waals surface area contributed by atoms with Crippen LogP contribution in [0.2, 0.25) is 0 Å². The summed E-state index contributed by atoms with van der Waals surface area (Å²) >= 11 is 0. The first-order valence-corrected chi connectivity index (χ1v) is 11.5. The van der Waals surface area contributed by atoms with Crippen molar-refractivity contribution in [3.63, 3.8) is 0 Å². The van der Waals surface area contributed by atoms with Gasteiger partial charge in [-0.1, -0.05) is 18.2 Å². The number of anilines is 1. The SMILES string of the molecule is CC(O)[C@@H]1C(=O)N(c2ccc(S(=O)(=O)C(F)(F)F)cc2)C(=O)N1Cc1ccnc2ccccc12.F.F.F. The number of hydrogen-bond donors (Lipinski definition) is 1. The molecule has 2 heterocycles. The predicted octanol–water partition coefficient (Wildman–Crippen LogP) is 3.70. The lowest BCUT2D eigenvalue weighted by Crippen LogP contribution is -2.42. The van der Waals surface area contributed by atoms with Crippen LogP contribution < -0.4 is 4.90 Å². The van der Waals surface area contributed by atoms with E-state index in [-0.39, 0.29) is 26.3 Å². The predicted molar refractivity (Wildman–Crippen MR) is 123 cm³/mol. The number of carbonyl (C=O) groups is 2. The summed E-state index contributed by atoms with van der Waals surface area (Å²) < 4.78 is 61.6. The van der Waals surface area contributed by atoms with Gasteiger partial charge >= 0.3 is 11.5 Å². The van der Waals surface area contributed by atoms with Gasteiger partial charge in [-0.3, -0.25) is 23.9 Å². The second-order valence-electron chi connectivity index (χ2n) is 7.70. The van der Waals surface area contributed by atoms with Crippen LogP contribution in [-0.4, -0.2) is 53.0 Å². The first-order valence-electron chi connectivity index (χ1n) is 10.00. The van der Waals surface area contributed by atoms with Crippen molar-refractivity contribution >= 4 is 38.4 Å². The van der Waals surface area contributed by atoms with Crippen LogP contribution in [0.5, 0.6) is 0 Å². The average Bonchev–Trinajstić information content (AvgIpc) is 3.02. The number of amides is 3. The Kier molecular flexibility index (Phi) is 9.42. The summed E-state index contributed by atoms with van der Waals surface area (Å²) in [4.78, 5) is 31.4. The van der Waals surface area contributed by atoms with Gasteiger partial charge in [0.25, 0.3) is 15.7 Å². The van der Waals surface area contributed by atoms with Crippen molar-refractivity contribution in [2.24, 2.45) is 0 Å². The molecule has 3 amide bonds. The Hall–Kier alpha value is -3.72. The number of aromatic nitrogens is 1. The normalized spacial score (nSPS) is 16.6. The van der Waals surface area contributed by atoms with Gasteiger partial charge in [0, 0.05) is 18.1 Å². The van der Waals surface area contributed by atoms with Gasteiger partial charge in [-0.25, -0.2) is 18.1 Å². The van der Waals surface area contributed by atoms with E-state index in [2.05, 4.69) is 4.98 Å². The van der Waals surface area contributed by atoms with E-state index in [0.717, 1.165) is 22.4 Å². The monoisotopic (exact) mass is 553 g/mol. The standard InChI is InChI=1S/C22H18F3N3O5S.3FH/c1-13(29)19-20(30)28(15-6-8-16(9-7-15)34(32,33)22(23,24)25)21(31)27(19)12-14-10-11-26-18-5-3-2-4-17(14)18;;;/h2-11,13,19,29H,12H2,1H3;3*1H/t13?,19-;;;/m1.../s1. The fourth-order valence-electron chi connectivity index (χ4n) is 3.86. The van der Waals surface area contributed by atoms with Crippen molar-refractivity contribution < 1.29 is 50.4 Å². The quantitative estimate of drug-likeness (QED) is 0.382. The van der Waals surface area contributed by atoms with Crippen molar-refractivity contribution in [1.82, 2.24) is 9.88 Å². The van der Waals surface area contributed by atoms with Gasteiger partial charge in [-0.15, -0.1) is 0 Å². The number of pyridine rings is 1. The van der Waals surface area contributed by atoms with Crippen LogP contribution in [0.4, 0.5) is 37.8 Å². The molecule has 1 saturated heterocycles. The lowest BCUT2D eigenvalue weighted by atomic mass is 10.1. The molecule has 1 fully saturated rings. The highest BCUT2D eigenvalue weighted by Crippen LogP contribution is 2.33. The third-order valence-electron chi connectivity index (χ3n) is 5.49. The summed E-state index contributed by atoms with van der Waals surface area (Å²) in [6, 6.07) is 10.0. The van der Waals surface area contributed by atoms with E-state index in [4.69, 9.17) is 0 Å². The minimum absolute atomic E-state index is 0. The van der Waals surface area contributed by atoms with Crippen LogP contribution in [0.25, 0.3) is 10.9 Å². The van der Waals surface area contributed by atoms with Gasteiger partial charge in [0.15, 0.2) is 0 Å². The summed E-state index contributed by atoms with van der Waals surface area (Å²) in [5, 5.41) is 11.0. The third kappa shape index (κ3) is 5.36. The minimum Gasteiger partial charge on any atom is -0.391 e. The molecule has 2 aromatic carbocycles. The molecular weight excluding hydrogens is 532 g/mol. The van der Waals surface area contributed by atoms with Gasteiger partial charge in [0.1, 0.15) is 6.04 Å². The van der Waals surface area contributed by atoms with Gasteiger partial charge in [-0.2, -0.15) is 13.2 Å². The molecule has 0 spiro atoms. The van der Waals surface area contributed by atoms with Crippen molar-refractivity contribution in [3.05, 3.63) is 66.4 Å². The lowest BCUT2D eigenvalue weighted by molar-refractivity contribution is -0.122. The molecule has 0 bridgehead atoms. The van der Waals surface area contributed by atoms with Crippen LogP contribution in [0.1, 0.15) is 12.5 Å². The van der Waals surface area contributed by atoms with Crippen molar-refractivity contribution in [2.45, 2.75) is 36.0 Å². The number of aliphatic hydroxyl groups excluding tert-OH is 1. The van der Waals surface area contributed by atoms with Crippen LogP contribution in [0.15, 0.2) is 65.7 Å². The smallest absolute Gasteiger partial charge is 0.391 e. The third-order valence-corrected chi connectivity index (χ3v) is 7.00. The highest BCUT2D eigenvalue weighted by Gasteiger charge is 2.49. The molecule has 1 N–H and O–H groups in total. The maximum atomic E-state index is 13.2. The molecule has 0 aliphatic carbocycles. The molecular formula is C22H21F6N3O5S. The molecule has 1 unspecified atom stereocenters. The number of alkyl halides is 3. The summed E-state index contributed by atoms with van der Waals surface area (Å²) in [6.07, 6.45) is 0.300. The van der Waals surface area contributed by atoms with E-state index in [0.29, 0.717) is 28.1 Å². The van der Waals surface area contributed by atoms with Crippen LogP contribution in [0.3, 0.4) is 0 Å². The largest absolute Gasteiger partial charge is 0.501 e. The molecule has 0 radical (unpaired) electrons. The number of urea groups is 1. The molecule has 0 saturated carbocycles. The number of rotatable bonds is 5. The highest BCUT2D eigenvalue weighted by molar-refractivity contribution is 7.92. The Morgan fingerprint density at radius 1 is 1.00 bits per heavy atom. The number of benzene rings is 2. The van der Waals surface area contributed by atoms with Crippen molar-refractivity contribution in [3.8, 4) is 0 Å². The zero-order valence-electron chi connectivity index (χ0n) is 18.8. The Labute approximate surface area is 206 Å². The zero-order chi connectivity index (χ0) is 24.8. The second kappa shape index (κ2) is 11.1.